The summed E-state index contributed by atoms with van der Waals surface area (Å²) in [6.07, 6.45) is 4.94. The monoisotopic (exact) mass is 340 g/mol. The van der Waals surface area contributed by atoms with Gasteiger partial charge in [0.05, 0.1) is 10.5 Å². The van der Waals surface area contributed by atoms with Gasteiger partial charge in [-0.1, -0.05) is 19.8 Å². The zero-order chi connectivity index (χ0) is 17.0. The van der Waals surface area contributed by atoms with Gasteiger partial charge < -0.3 is 10.4 Å². The maximum atomic E-state index is 12.3. The van der Waals surface area contributed by atoms with Crippen LogP contribution in [0.15, 0.2) is 23.1 Å². The molecule has 2 rings (SSSR count). The second kappa shape index (κ2) is 7.31. The van der Waals surface area contributed by atoms with Gasteiger partial charge in [0.25, 0.3) is 0 Å². The highest BCUT2D eigenvalue weighted by atomic mass is 32.2. The van der Waals surface area contributed by atoms with Crippen LogP contribution in [0.1, 0.15) is 56.3 Å². The maximum Gasteiger partial charge on any atom is 0.337 e. The second-order valence-electron chi connectivity index (χ2n) is 6.07. The molecule has 128 valence electrons. The van der Waals surface area contributed by atoms with Crippen LogP contribution < -0.4 is 10.0 Å². The van der Waals surface area contributed by atoms with Crippen LogP contribution in [0, 0.1) is 0 Å². The number of aromatic carboxylic acids is 1. The highest BCUT2D eigenvalue weighted by molar-refractivity contribution is 7.89. The highest BCUT2D eigenvalue weighted by Crippen LogP contribution is 2.26. The maximum absolute atomic E-state index is 12.3. The van der Waals surface area contributed by atoms with Gasteiger partial charge in [-0.05, 0) is 44.4 Å². The first kappa shape index (κ1) is 17.7. The molecule has 0 aromatic heterocycles. The van der Waals surface area contributed by atoms with E-state index in [1.54, 1.807) is 13.0 Å². The van der Waals surface area contributed by atoms with Gasteiger partial charge in [-0.2, -0.15) is 0 Å². The third-order valence-electron chi connectivity index (χ3n) is 4.22. The summed E-state index contributed by atoms with van der Waals surface area (Å²) in [6, 6.07) is 4.28. The zero-order valence-electron chi connectivity index (χ0n) is 13.5. The number of hydrogen-bond acceptors (Lipinski definition) is 4. The molecule has 0 heterocycles. The van der Waals surface area contributed by atoms with Crippen LogP contribution in [0.4, 0.5) is 5.69 Å². The first-order valence-electron chi connectivity index (χ1n) is 7.99. The Morgan fingerprint density at radius 1 is 1.35 bits per heavy atom. The van der Waals surface area contributed by atoms with Gasteiger partial charge in [0.1, 0.15) is 0 Å². The van der Waals surface area contributed by atoms with Crippen molar-refractivity contribution in [1.82, 2.24) is 4.72 Å². The van der Waals surface area contributed by atoms with Gasteiger partial charge >= 0.3 is 5.97 Å². The molecule has 1 aromatic carbocycles. The molecule has 0 radical (unpaired) electrons. The van der Waals surface area contributed by atoms with Gasteiger partial charge in [0, 0.05) is 17.8 Å². The van der Waals surface area contributed by atoms with Crippen LogP contribution in [-0.2, 0) is 10.0 Å². The Morgan fingerprint density at radius 2 is 2.00 bits per heavy atom. The molecule has 23 heavy (non-hydrogen) atoms. The molecule has 0 saturated heterocycles. The normalized spacial score (nSPS) is 17.1. The van der Waals surface area contributed by atoms with Crippen LogP contribution in [0.25, 0.3) is 0 Å². The Balaban J connectivity index is 2.29. The number of nitrogens with one attached hydrogen (secondary N) is 2. The van der Waals surface area contributed by atoms with Crippen molar-refractivity contribution in [2.45, 2.75) is 62.9 Å². The van der Waals surface area contributed by atoms with Gasteiger partial charge in [-0.25, -0.2) is 17.9 Å². The van der Waals surface area contributed by atoms with Crippen molar-refractivity contribution >= 4 is 21.7 Å². The Bertz CT molecular complexity index is 667. The summed E-state index contributed by atoms with van der Waals surface area (Å²) in [5, 5.41) is 12.6. The molecular formula is C16H24N2O4S. The first-order valence-corrected chi connectivity index (χ1v) is 9.48. The first-order chi connectivity index (χ1) is 10.8. The molecule has 6 nitrogen and oxygen atoms in total. The molecule has 0 unspecified atom stereocenters. The quantitative estimate of drug-likeness (QED) is 0.709. The van der Waals surface area contributed by atoms with E-state index in [1.165, 1.54) is 12.1 Å². The van der Waals surface area contributed by atoms with E-state index in [4.69, 9.17) is 0 Å². The fraction of sp³-hybridized carbons (Fsp3) is 0.562. The van der Waals surface area contributed by atoms with E-state index in [-0.39, 0.29) is 22.5 Å². The molecule has 1 saturated carbocycles. The smallest absolute Gasteiger partial charge is 0.337 e. The highest BCUT2D eigenvalue weighted by Gasteiger charge is 2.22. The fourth-order valence-electron chi connectivity index (χ4n) is 2.70. The number of rotatable bonds is 7. The molecule has 7 heteroatoms. The van der Waals surface area contributed by atoms with Gasteiger partial charge in [-0.3, -0.25) is 0 Å². The Morgan fingerprint density at radius 3 is 2.57 bits per heavy atom. The number of anilines is 1. The molecular weight excluding hydrogens is 316 g/mol. The van der Waals surface area contributed by atoms with Gasteiger partial charge in [-0.15, -0.1) is 0 Å². The van der Waals surface area contributed by atoms with Crippen LogP contribution in [0.2, 0.25) is 0 Å². The van der Waals surface area contributed by atoms with Crippen molar-refractivity contribution in [1.29, 1.82) is 0 Å². The lowest BCUT2D eigenvalue weighted by Crippen LogP contribution is -2.32. The van der Waals surface area contributed by atoms with Crippen LogP contribution >= 0.6 is 0 Å². The molecule has 1 aliphatic carbocycles. The summed E-state index contributed by atoms with van der Waals surface area (Å²) in [4.78, 5) is 11.5. The predicted octanol–water partition coefficient (Wildman–Crippen LogP) is 2.82. The number of carboxylic acids is 1. The van der Waals surface area contributed by atoms with Crippen LogP contribution in [-0.4, -0.2) is 31.6 Å². The molecule has 0 bridgehead atoms. The topological polar surface area (TPSA) is 95.5 Å². The van der Waals surface area contributed by atoms with Crippen LogP contribution in [0.5, 0.6) is 0 Å². The third kappa shape index (κ3) is 4.45. The average molecular weight is 340 g/mol. The summed E-state index contributed by atoms with van der Waals surface area (Å²) >= 11 is 0. The lowest BCUT2D eigenvalue weighted by Gasteiger charge is -2.17. The number of carbonyl (C=O) groups is 1. The minimum atomic E-state index is -3.71. The van der Waals surface area contributed by atoms with E-state index in [1.807, 2.05) is 6.92 Å². The van der Waals surface area contributed by atoms with E-state index in [0.29, 0.717) is 12.1 Å². The van der Waals surface area contributed by atoms with Crippen molar-refractivity contribution in [3.63, 3.8) is 0 Å². The van der Waals surface area contributed by atoms with Crippen molar-refractivity contribution in [3.8, 4) is 0 Å². The molecule has 1 fully saturated rings. The van der Waals surface area contributed by atoms with Crippen molar-refractivity contribution in [2.24, 2.45) is 0 Å². The summed E-state index contributed by atoms with van der Waals surface area (Å²) in [5.41, 5.74) is 0.468. The summed E-state index contributed by atoms with van der Waals surface area (Å²) < 4.78 is 27.2. The summed E-state index contributed by atoms with van der Waals surface area (Å²) in [7, 11) is -3.71. The van der Waals surface area contributed by atoms with Gasteiger partial charge in [0.15, 0.2) is 0 Å². The summed E-state index contributed by atoms with van der Waals surface area (Å²) in [6.45, 7) is 3.65. The lowest BCUT2D eigenvalue weighted by atomic mass is 10.1. The molecule has 3 N–H and O–H groups in total. The van der Waals surface area contributed by atoms with E-state index < -0.39 is 16.0 Å². The molecule has 1 aromatic rings. The minimum Gasteiger partial charge on any atom is -0.478 e. The lowest BCUT2D eigenvalue weighted by molar-refractivity contribution is 0.0697. The number of sulfonamides is 1. The van der Waals surface area contributed by atoms with Crippen molar-refractivity contribution in [3.05, 3.63) is 23.8 Å². The SMILES string of the molecule is CC[C@H](C)NS(=O)(=O)c1ccc(NC2CCCC2)c(C(=O)O)c1. The number of benzene rings is 1. The van der Waals surface area contributed by atoms with Gasteiger partial charge in [0.2, 0.25) is 10.0 Å². The van der Waals surface area contributed by atoms with Crippen molar-refractivity contribution < 1.29 is 18.3 Å². The minimum absolute atomic E-state index is 0.0103. The van der Waals surface area contributed by atoms with E-state index in [9.17, 15) is 18.3 Å². The standard InChI is InChI=1S/C16H24N2O4S/c1-3-11(2)18-23(21,22)13-8-9-15(14(10-13)16(19)20)17-12-6-4-5-7-12/h8-12,17-18H,3-7H2,1-2H3,(H,19,20)/t11-/m0/s1. The molecule has 0 amide bonds. The summed E-state index contributed by atoms with van der Waals surface area (Å²) in [5.74, 6) is -1.13. The second-order valence-corrected chi connectivity index (χ2v) is 7.78. The number of carboxylic acid groups (broad SMARTS) is 1. The Labute approximate surface area is 137 Å². The van der Waals surface area contributed by atoms with Crippen LogP contribution in [0.3, 0.4) is 0 Å². The molecule has 0 aliphatic heterocycles. The average Bonchev–Trinajstić information content (AvgIpc) is 2.99. The van der Waals surface area contributed by atoms with E-state index in [2.05, 4.69) is 10.0 Å². The molecule has 1 aliphatic rings. The predicted molar refractivity (Wildman–Crippen MR) is 89.4 cm³/mol. The number of hydrogen-bond donors (Lipinski definition) is 3. The van der Waals surface area contributed by atoms with Crippen molar-refractivity contribution in [2.75, 3.05) is 5.32 Å². The Hall–Kier alpha value is -1.60. The molecule has 0 spiro atoms. The third-order valence-corrected chi connectivity index (χ3v) is 5.80. The Kier molecular flexibility index (Phi) is 5.64. The zero-order valence-corrected chi connectivity index (χ0v) is 14.3. The van der Waals surface area contributed by atoms with E-state index >= 15 is 0 Å². The van der Waals surface area contributed by atoms with E-state index in [0.717, 1.165) is 25.7 Å². The fourth-order valence-corrected chi connectivity index (χ4v) is 4.05. The largest absolute Gasteiger partial charge is 0.478 e. The molecule has 1 atom stereocenters.